The highest BCUT2D eigenvalue weighted by Crippen LogP contribution is 2.21. The van der Waals surface area contributed by atoms with Gasteiger partial charge in [-0.2, -0.15) is 0 Å². The van der Waals surface area contributed by atoms with E-state index in [0.29, 0.717) is 0 Å². The molecule has 0 aromatic heterocycles. The molecule has 1 aromatic carbocycles. The van der Waals surface area contributed by atoms with E-state index in [1.807, 2.05) is 24.3 Å². The molecule has 0 unspecified atom stereocenters. The Bertz CT molecular complexity index is 232. The number of hydrazine groups is 1. The summed E-state index contributed by atoms with van der Waals surface area (Å²) in [4.78, 5) is 2.30. The Morgan fingerprint density at radius 3 is 2.58 bits per heavy atom. The molecule has 0 aliphatic rings. The molecular weight excluding hydrogens is 199 g/mol. The molecule has 0 atom stereocenters. The maximum Gasteiger partial charge on any atom is 0.143 e. The first-order chi connectivity index (χ1) is 5.38. The summed E-state index contributed by atoms with van der Waals surface area (Å²) in [7, 11) is 1.61. The van der Waals surface area contributed by atoms with E-state index in [2.05, 4.69) is 10.4 Å². The second-order valence-electron chi connectivity index (χ2n) is 1.92. The van der Waals surface area contributed by atoms with Crippen molar-refractivity contribution in [3.63, 3.8) is 0 Å². The quantitative estimate of drug-likeness (QED) is 0.591. The van der Waals surface area contributed by atoms with Crippen LogP contribution < -0.4 is 15.1 Å². The molecule has 0 amide bonds. The van der Waals surface area contributed by atoms with E-state index in [-0.39, 0.29) is 12.4 Å². The Labute approximate surface area is 82.5 Å². The minimum Gasteiger partial charge on any atom is -0.495 e. The number of para-hydroxylation sites is 2. The van der Waals surface area contributed by atoms with Gasteiger partial charge in [-0.05, 0) is 23.9 Å². The Kier molecular flexibility index (Phi) is 5.62. The zero-order valence-electron chi connectivity index (χ0n) is 6.50. The molecule has 0 spiro atoms. The summed E-state index contributed by atoms with van der Waals surface area (Å²) in [6, 6.07) is 7.47. The van der Waals surface area contributed by atoms with Crippen LogP contribution in [-0.4, -0.2) is 7.11 Å². The zero-order valence-corrected chi connectivity index (χ0v) is 8.08. The number of anilines is 1. The lowest BCUT2D eigenvalue weighted by atomic mass is 10.3. The molecule has 1 aromatic rings. The van der Waals surface area contributed by atoms with Crippen molar-refractivity contribution in [1.82, 2.24) is 4.94 Å². The summed E-state index contributed by atoms with van der Waals surface area (Å²) >= 11 is 5.25. The van der Waals surface area contributed by atoms with Gasteiger partial charge in [-0.3, -0.25) is 0 Å². The lowest BCUT2D eigenvalue weighted by Gasteiger charge is -2.07. The molecule has 0 radical (unpaired) electrons. The predicted molar refractivity (Wildman–Crippen MR) is 52.9 cm³/mol. The van der Waals surface area contributed by atoms with Gasteiger partial charge >= 0.3 is 0 Å². The Morgan fingerprint density at radius 2 is 2.00 bits per heavy atom. The van der Waals surface area contributed by atoms with E-state index in [9.17, 15) is 0 Å². The Hall–Kier alpha value is -0.640. The second-order valence-corrected chi connectivity index (χ2v) is 2.11. The van der Waals surface area contributed by atoms with Gasteiger partial charge in [0.15, 0.2) is 0 Å². The van der Waals surface area contributed by atoms with Gasteiger partial charge in [0.2, 0.25) is 0 Å². The van der Waals surface area contributed by atoms with Gasteiger partial charge in [-0.25, -0.2) is 0 Å². The minimum atomic E-state index is 0. The maximum absolute atomic E-state index is 5.25. The zero-order chi connectivity index (χ0) is 8.10. The summed E-state index contributed by atoms with van der Waals surface area (Å²) in [5.41, 5.74) is 3.53. The SMILES string of the molecule is COc1ccccc1NNCl.Cl. The van der Waals surface area contributed by atoms with Gasteiger partial charge in [0.25, 0.3) is 0 Å². The van der Waals surface area contributed by atoms with Crippen LogP contribution in [0, 0.1) is 0 Å². The number of methoxy groups -OCH3 is 1. The first kappa shape index (κ1) is 11.4. The standard InChI is InChI=1S/C7H9ClN2O.ClH/c1-11-7-5-3-2-4-6(7)9-10-8;/h2-5,9-10H,1H3;1H. The highest BCUT2D eigenvalue weighted by atomic mass is 35.5. The molecule has 0 aliphatic carbocycles. The molecule has 0 saturated carbocycles. The van der Waals surface area contributed by atoms with Crippen LogP contribution in [0.1, 0.15) is 0 Å². The van der Waals surface area contributed by atoms with Crippen LogP contribution in [0.5, 0.6) is 5.75 Å². The fourth-order valence-corrected chi connectivity index (χ4v) is 0.901. The van der Waals surface area contributed by atoms with E-state index >= 15 is 0 Å². The smallest absolute Gasteiger partial charge is 0.143 e. The van der Waals surface area contributed by atoms with Crippen LogP contribution in [0.25, 0.3) is 0 Å². The van der Waals surface area contributed by atoms with Crippen LogP contribution in [0.4, 0.5) is 5.69 Å². The first-order valence-corrected chi connectivity index (χ1v) is 3.51. The van der Waals surface area contributed by atoms with Crippen molar-refractivity contribution in [1.29, 1.82) is 0 Å². The molecule has 0 fully saturated rings. The van der Waals surface area contributed by atoms with Gasteiger partial charge in [0, 0.05) is 0 Å². The maximum atomic E-state index is 5.25. The summed E-state index contributed by atoms with van der Waals surface area (Å²) in [5, 5.41) is 0. The van der Waals surface area contributed by atoms with Crippen molar-refractivity contribution < 1.29 is 4.74 Å². The lowest BCUT2D eigenvalue weighted by molar-refractivity contribution is 0.416. The lowest BCUT2D eigenvalue weighted by Crippen LogP contribution is -2.09. The highest BCUT2D eigenvalue weighted by Gasteiger charge is 1.97. The van der Waals surface area contributed by atoms with Gasteiger partial charge in [0.05, 0.1) is 12.8 Å². The fourth-order valence-electron chi connectivity index (χ4n) is 0.799. The van der Waals surface area contributed by atoms with Gasteiger partial charge in [-0.15, -0.1) is 17.4 Å². The van der Waals surface area contributed by atoms with Gasteiger partial charge in [-0.1, -0.05) is 12.1 Å². The largest absolute Gasteiger partial charge is 0.495 e. The predicted octanol–water partition coefficient (Wildman–Crippen LogP) is 2.19. The van der Waals surface area contributed by atoms with Crippen molar-refractivity contribution in [2.75, 3.05) is 12.5 Å². The van der Waals surface area contributed by atoms with Crippen LogP contribution in [-0.2, 0) is 0 Å². The third-order valence-corrected chi connectivity index (χ3v) is 1.38. The van der Waals surface area contributed by atoms with E-state index < -0.39 is 0 Å². The van der Waals surface area contributed by atoms with Crippen LogP contribution in [0.3, 0.4) is 0 Å². The monoisotopic (exact) mass is 208 g/mol. The minimum absolute atomic E-state index is 0. The number of rotatable bonds is 3. The summed E-state index contributed by atoms with van der Waals surface area (Å²) in [6.07, 6.45) is 0. The number of hydrogen-bond acceptors (Lipinski definition) is 3. The van der Waals surface area contributed by atoms with Crippen LogP contribution >= 0.6 is 24.2 Å². The molecule has 2 N–H and O–H groups in total. The molecule has 3 nitrogen and oxygen atoms in total. The molecule has 68 valence electrons. The van der Waals surface area contributed by atoms with E-state index in [1.165, 1.54) is 0 Å². The third kappa shape index (κ3) is 2.77. The fraction of sp³-hybridized carbons (Fsp3) is 0.143. The molecule has 12 heavy (non-hydrogen) atoms. The summed E-state index contributed by atoms with van der Waals surface area (Å²) in [6.45, 7) is 0. The van der Waals surface area contributed by atoms with Crippen molar-refractivity contribution in [3.8, 4) is 5.75 Å². The van der Waals surface area contributed by atoms with Crippen molar-refractivity contribution >= 4 is 29.9 Å². The molecular formula is C7H10Cl2N2O. The average Bonchev–Trinajstić information content (AvgIpc) is 2.06. The summed E-state index contributed by atoms with van der Waals surface area (Å²) in [5.74, 6) is 0.751. The molecule has 0 aliphatic heterocycles. The Morgan fingerprint density at radius 1 is 1.33 bits per heavy atom. The molecule has 1 rings (SSSR count). The topological polar surface area (TPSA) is 33.3 Å². The third-order valence-electron chi connectivity index (χ3n) is 1.29. The number of nitrogens with one attached hydrogen (secondary N) is 2. The Balaban J connectivity index is 0.00000121. The second kappa shape index (κ2) is 5.94. The van der Waals surface area contributed by atoms with Crippen molar-refractivity contribution in [3.05, 3.63) is 24.3 Å². The van der Waals surface area contributed by atoms with Crippen molar-refractivity contribution in [2.45, 2.75) is 0 Å². The van der Waals surface area contributed by atoms with Crippen LogP contribution in [0.15, 0.2) is 24.3 Å². The average molecular weight is 209 g/mol. The highest BCUT2D eigenvalue weighted by molar-refractivity contribution is 6.14. The van der Waals surface area contributed by atoms with Crippen LogP contribution in [0.2, 0.25) is 0 Å². The van der Waals surface area contributed by atoms with Gasteiger partial charge < -0.3 is 10.2 Å². The molecule has 0 bridgehead atoms. The van der Waals surface area contributed by atoms with Gasteiger partial charge in [0.1, 0.15) is 5.75 Å². The first-order valence-electron chi connectivity index (χ1n) is 3.13. The summed E-state index contributed by atoms with van der Waals surface area (Å²) < 4.78 is 5.04. The van der Waals surface area contributed by atoms with E-state index in [0.717, 1.165) is 11.4 Å². The number of benzene rings is 1. The molecule has 0 saturated heterocycles. The molecule has 0 heterocycles. The number of hydrogen-bond donors (Lipinski definition) is 2. The van der Waals surface area contributed by atoms with Crippen molar-refractivity contribution in [2.24, 2.45) is 0 Å². The van der Waals surface area contributed by atoms with E-state index in [1.54, 1.807) is 7.11 Å². The number of ether oxygens (including phenoxy) is 1. The molecule has 5 heteroatoms. The van der Waals surface area contributed by atoms with E-state index in [4.69, 9.17) is 16.5 Å². The normalized spacial score (nSPS) is 8.50. The number of halogens is 2.